The molecule has 0 spiro atoms. The van der Waals surface area contributed by atoms with Gasteiger partial charge >= 0.3 is 6.18 Å². The summed E-state index contributed by atoms with van der Waals surface area (Å²) >= 11 is 0. The van der Waals surface area contributed by atoms with Crippen LogP contribution in [0.1, 0.15) is 34.5 Å². The molecular formula is C26H27F4N5O4. The molecule has 1 aromatic carbocycles. The lowest BCUT2D eigenvalue weighted by atomic mass is 10.0. The van der Waals surface area contributed by atoms with E-state index in [4.69, 9.17) is 9.47 Å². The van der Waals surface area contributed by atoms with Crippen LogP contribution < -0.4 is 10.1 Å². The second kappa shape index (κ2) is 10.4. The van der Waals surface area contributed by atoms with Crippen molar-refractivity contribution in [2.45, 2.75) is 38.2 Å². The minimum Gasteiger partial charge on any atom is -0.493 e. The molecule has 2 aromatic heterocycles. The summed E-state index contributed by atoms with van der Waals surface area (Å²) in [6.07, 6.45) is -2.91. The zero-order valence-corrected chi connectivity index (χ0v) is 21.3. The molecule has 5 rings (SSSR count). The fourth-order valence-electron chi connectivity index (χ4n) is 4.67. The first-order chi connectivity index (χ1) is 18.6. The van der Waals surface area contributed by atoms with Crippen molar-refractivity contribution in [3.05, 3.63) is 41.3 Å². The largest absolute Gasteiger partial charge is 0.493 e. The zero-order valence-electron chi connectivity index (χ0n) is 21.3. The third-order valence-electron chi connectivity index (χ3n) is 6.92. The lowest BCUT2D eigenvalue weighted by Gasteiger charge is -2.16. The average Bonchev–Trinajstić information content (AvgIpc) is 3.55. The predicted molar refractivity (Wildman–Crippen MR) is 132 cm³/mol. The van der Waals surface area contributed by atoms with E-state index >= 15 is 0 Å². The molecule has 1 saturated heterocycles. The fraction of sp³-hybridized carbons (Fsp3) is 0.462. The van der Waals surface area contributed by atoms with Crippen LogP contribution in [0.2, 0.25) is 0 Å². The Balaban J connectivity index is 1.48. The van der Waals surface area contributed by atoms with Gasteiger partial charge in [0, 0.05) is 24.9 Å². The van der Waals surface area contributed by atoms with Gasteiger partial charge in [0.15, 0.2) is 0 Å². The van der Waals surface area contributed by atoms with Crippen LogP contribution in [0, 0.1) is 12.8 Å². The number of hydrogen-bond acceptors (Lipinski definition) is 6. The molecular weight excluding hydrogens is 522 g/mol. The number of amides is 2. The smallest absolute Gasteiger partial charge is 0.416 e. The minimum absolute atomic E-state index is 0.0251. The van der Waals surface area contributed by atoms with Gasteiger partial charge in [0.25, 0.3) is 5.91 Å². The molecule has 208 valence electrons. The molecule has 0 radical (unpaired) electrons. The van der Waals surface area contributed by atoms with E-state index in [2.05, 4.69) is 20.3 Å². The fourth-order valence-corrected chi connectivity index (χ4v) is 4.67. The molecule has 1 aliphatic heterocycles. The van der Waals surface area contributed by atoms with Crippen LogP contribution in [0.4, 0.5) is 17.6 Å². The number of aromatic nitrogens is 3. The Labute approximate surface area is 220 Å². The molecule has 39 heavy (non-hydrogen) atoms. The molecule has 3 aromatic rings. The number of methoxy groups -OCH3 is 1. The zero-order chi connectivity index (χ0) is 27.9. The van der Waals surface area contributed by atoms with Crippen LogP contribution in [-0.4, -0.2) is 77.3 Å². The Hall–Kier alpha value is -3.74. The van der Waals surface area contributed by atoms with Crippen molar-refractivity contribution < 1.29 is 36.6 Å². The Morgan fingerprint density at radius 2 is 1.97 bits per heavy atom. The molecule has 2 N–H and O–H groups in total. The van der Waals surface area contributed by atoms with Crippen LogP contribution in [0.25, 0.3) is 22.3 Å². The molecule has 3 heterocycles. The van der Waals surface area contributed by atoms with Gasteiger partial charge in [-0.1, -0.05) is 0 Å². The van der Waals surface area contributed by atoms with Crippen molar-refractivity contribution in [1.29, 1.82) is 0 Å². The summed E-state index contributed by atoms with van der Waals surface area (Å²) in [5, 5.41) is 2.63. The van der Waals surface area contributed by atoms with E-state index < -0.39 is 35.8 Å². The first-order valence-corrected chi connectivity index (χ1v) is 12.5. The van der Waals surface area contributed by atoms with Gasteiger partial charge in [-0.15, -0.1) is 0 Å². The van der Waals surface area contributed by atoms with Gasteiger partial charge in [-0.05, 0) is 43.9 Å². The molecule has 2 atom stereocenters. The Morgan fingerprint density at radius 3 is 2.67 bits per heavy atom. The molecule has 13 heteroatoms. The molecule has 1 aliphatic carbocycles. The number of fused-ring (bicyclic) bond motifs is 1. The number of nitrogens with zero attached hydrogens (tertiary/aromatic N) is 3. The van der Waals surface area contributed by atoms with Crippen LogP contribution in [0.3, 0.4) is 0 Å². The lowest BCUT2D eigenvalue weighted by molar-refractivity contribution is -0.137. The van der Waals surface area contributed by atoms with E-state index in [1.165, 1.54) is 18.1 Å². The number of benzene rings is 1. The van der Waals surface area contributed by atoms with Crippen molar-refractivity contribution in [2.75, 3.05) is 33.4 Å². The summed E-state index contributed by atoms with van der Waals surface area (Å²) in [6, 6.07) is 2.25. The lowest BCUT2D eigenvalue weighted by Crippen LogP contribution is -2.42. The number of hydrogen-bond donors (Lipinski definition) is 2. The minimum atomic E-state index is -4.59. The summed E-state index contributed by atoms with van der Waals surface area (Å²) in [7, 11) is 1.36. The van der Waals surface area contributed by atoms with Gasteiger partial charge in [-0.3, -0.25) is 9.59 Å². The van der Waals surface area contributed by atoms with Gasteiger partial charge in [0.05, 0.1) is 35.8 Å². The molecule has 0 bridgehead atoms. The van der Waals surface area contributed by atoms with Crippen molar-refractivity contribution in [3.63, 3.8) is 0 Å². The van der Waals surface area contributed by atoms with E-state index in [1.54, 1.807) is 6.92 Å². The number of likely N-dealkylation sites (tertiary alicyclic amines) is 1. The van der Waals surface area contributed by atoms with Gasteiger partial charge in [-0.2, -0.15) is 13.2 Å². The highest BCUT2D eigenvalue weighted by atomic mass is 19.4. The third kappa shape index (κ3) is 5.54. The standard InChI is InChI=1S/C26H27F4N5O4/c1-13-21(25(37)34-18-9-35(8-17(18)27)20(36)11-38-2)23-24(33-13)22(31-12-32-23)16-7-15(26(28,29)30)5-6-19(16)39-10-14-3-4-14/h5-7,12,14,17-18,33H,3-4,8-11H2,1-2H3,(H,34,37)/t17-,18+/m1/s1. The van der Waals surface area contributed by atoms with E-state index in [0.717, 1.165) is 31.3 Å². The quantitative estimate of drug-likeness (QED) is 0.415. The number of alkyl halides is 4. The normalized spacial score (nSPS) is 19.5. The average molecular weight is 550 g/mol. The third-order valence-corrected chi connectivity index (χ3v) is 6.92. The van der Waals surface area contributed by atoms with Crippen molar-refractivity contribution in [3.8, 4) is 17.0 Å². The van der Waals surface area contributed by atoms with E-state index in [-0.39, 0.29) is 53.3 Å². The maximum Gasteiger partial charge on any atom is 0.416 e. The maximum atomic E-state index is 14.7. The number of carbonyl (C=O) groups excluding carboxylic acids is 2. The Morgan fingerprint density at radius 1 is 1.21 bits per heavy atom. The summed E-state index contributed by atoms with van der Waals surface area (Å²) in [5.41, 5.74) is 0.272. The number of rotatable bonds is 8. The summed E-state index contributed by atoms with van der Waals surface area (Å²) in [6.45, 7) is 1.58. The second-order valence-electron chi connectivity index (χ2n) is 9.86. The monoisotopic (exact) mass is 549 g/mol. The van der Waals surface area contributed by atoms with E-state index in [0.29, 0.717) is 18.2 Å². The number of aromatic amines is 1. The van der Waals surface area contributed by atoms with E-state index in [9.17, 15) is 27.2 Å². The summed E-state index contributed by atoms with van der Waals surface area (Å²) < 4.78 is 66.1. The maximum absolute atomic E-state index is 14.7. The number of H-pyrrole nitrogens is 1. The number of carbonyl (C=O) groups is 2. The van der Waals surface area contributed by atoms with Crippen molar-refractivity contribution in [1.82, 2.24) is 25.2 Å². The van der Waals surface area contributed by atoms with Gasteiger partial charge in [0.2, 0.25) is 5.91 Å². The topological polar surface area (TPSA) is 109 Å². The number of aryl methyl sites for hydroxylation is 1. The van der Waals surface area contributed by atoms with Crippen molar-refractivity contribution >= 4 is 22.8 Å². The highest BCUT2D eigenvalue weighted by Gasteiger charge is 2.37. The molecule has 0 unspecified atom stereocenters. The first-order valence-electron chi connectivity index (χ1n) is 12.5. The Bertz CT molecular complexity index is 1400. The summed E-state index contributed by atoms with van der Waals surface area (Å²) in [5.74, 6) is -0.422. The number of nitrogens with one attached hydrogen (secondary N) is 2. The molecule has 9 nitrogen and oxygen atoms in total. The molecule has 2 amide bonds. The second-order valence-corrected chi connectivity index (χ2v) is 9.86. The van der Waals surface area contributed by atoms with Crippen molar-refractivity contribution in [2.24, 2.45) is 5.92 Å². The van der Waals surface area contributed by atoms with Gasteiger partial charge in [-0.25, -0.2) is 14.4 Å². The van der Waals surface area contributed by atoms with Gasteiger partial charge < -0.3 is 24.7 Å². The van der Waals surface area contributed by atoms with Crippen LogP contribution in [0.15, 0.2) is 24.5 Å². The number of ether oxygens (including phenoxy) is 2. The summed E-state index contributed by atoms with van der Waals surface area (Å²) in [4.78, 5) is 38.1. The van der Waals surface area contributed by atoms with Crippen LogP contribution in [-0.2, 0) is 15.7 Å². The first kappa shape index (κ1) is 26.9. The predicted octanol–water partition coefficient (Wildman–Crippen LogP) is 3.67. The number of halogens is 4. The molecule has 2 fully saturated rings. The Kier molecular flexibility index (Phi) is 7.19. The highest BCUT2D eigenvalue weighted by Crippen LogP contribution is 2.40. The molecule has 2 aliphatic rings. The van der Waals surface area contributed by atoms with Gasteiger partial charge in [0.1, 0.15) is 36.1 Å². The van der Waals surface area contributed by atoms with Crippen LogP contribution >= 0.6 is 0 Å². The van der Waals surface area contributed by atoms with Crippen LogP contribution in [0.5, 0.6) is 5.75 Å². The SMILES string of the molecule is COCC(=O)N1C[C@@H](F)[C@@H](NC(=O)c2c(C)[nH]c3c(-c4cc(C(F)(F)F)ccc4OCC4CC4)ncnc23)C1. The highest BCUT2D eigenvalue weighted by molar-refractivity contribution is 6.09. The van der Waals surface area contributed by atoms with E-state index in [1.807, 2.05) is 0 Å². The molecule has 1 saturated carbocycles.